The van der Waals surface area contributed by atoms with Gasteiger partial charge in [-0.2, -0.15) is 5.10 Å². The number of unbranched alkanes of at least 4 members (excludes halogenated alkanes) is 2. The maximum Gasteiger partial charge on any atom is 0.274 e. The first kappa shape index (κ1) is 18.6. The van der Waals surface area contributed by atoms with Crippen LogP contribution in [0, 0.1) is 11.8 Å². The first-order chi connectivity index (χ1) is 12.5. The van der Waals surface area contributed by atoms with Crippen molar-refractivity contribution in [1.29, 1.82) is 0 Å². The fourth-order valence-electron chi connectivity index (χ4n) is 4.03. The topological polar surface area (TPSA) is 55.2 Å². The van der Waals surface area contributed by atoms with E-state index < -0.39 is 0 Å². The number of fused-ring (bicyclic) bond motifs is 1. The fourth-order valence-corrected chi connectivity index (χ4v) is 4.03. The molecule has 0 bridgehead atoms. The molecule has 1 aromatic carbocycles. The molecule has 0 aliphatic carbocycles. The molecule has 3 rings (SSSR count). The van der Waals surface area contributed by atoms with Crippen LogP contribution in [0.1, 0.15) is 56.9 Å². The second kappa shape index (κ2) is 8.02. The van der Waals surface area contributed by atoms with Gasteiger partial charge in [0.05, 0.1) is 5.39 Å². The number of carbonyl (C=O) groups excluding carboxylic acids is 1. The van der Waals surface area contributed by atoms with Crippen LogP contribution in [0.15, 0.2) is 29.1 Å². The van der Waals surface area contributed by atoms with Gasteiger partial charge in [-0.3, -0.25) is 9.59 Å². The first-order valence-electron chi connectivity index (χ1n) is 9.80. The standard InChI is InChI=1S/C21H29N3O2/c1-4-5-8-11-24-20(25)18-10-7-6-9-17(18)19(22-24)21(26)23-13-15(2)12-16(3)14-23/h6-7,9-10,15-16H,4-5,8,11-14H2,1-3H3. The lowest BCUT2D eigenvalue weighted by Gasteiger charge is -2.35. The van der Waals surface area contributed by atoms with Gasteiger partial charge in [0.25, 0.3) is 11.5 Å². The second-order valence-corrected chi connectivity index (χ2v) is 7.79. The Morgan fingerprint density at radius 2 is 1.77 bits per heavy atom. The average Bonchev–Trinajstić information content (AvgIpc) is 2.62. The second-order valence-electron chi connectivity index (χ2n) is 7.79. The van der Waals surface area contributed by atoms with Crippen LogP contribution in [0.25, 0.3) is 10.8 Å². The van der Waals surface area contributed by atoms with E-state index in [-0.39, 0.29) is 11.5 Å². The molecule has 140 valence electrons. The Balaban J connectivity index is 2.02. The van der Waals surface area contributed by atoms with Crippen LogP contribution in [0.5, 0.6) is 0 Å². The SMILES string of the molecule is CCCCCn1nc(C(=O)N2CC(C)CC(C)C2)c2ccccc2c1=O. The van der Waals surface area contributed by atoms with Crippen molar-refractivity contribution in [3.63, 3.8) is 0 Å². The van der Waals surface area contributed by atoms with Gasteiger partial charge in [-0.25, -0.2) is 4.68 Å². The molecule has 1 amide bonds. The minimum absolute atomic E-state index is 0.0520. The molecule has 1 aliphatic heterocycles. The predicted octanol–water partition coefficient (Wildman–Crippen LogP) is 3.70. The molecule has 2 unspecified atom stereocenters. The Hall–Kier alpha value is -2.17. The minimum Gasteiger partial charge on any atom is -0.337 e. The van der Waals surface area contributed by atoms with E-state index in [1.165, 1.54) is 4.68 Å². The normalized spacial score (nSPS) is 20.5. The van der Waals surface area contributed by atoms with Gasteiger partial charge in [0.2, 0.25) is 0 Å². The quantitative estimate of drug-likeness (QED) is 0.769. The average molecular weight is 355 g/mol. The summed E-state index contributed by atoms with van der Waals surface area (Å²) in [4.78, 5) is 27.9. The van der Waals surface area contributed by atoms with Crippen LogP contribution in [0.4, 0.5) is 0 Å². The van der Waals surface area contributed by atoms with E-state index in [0.717, 1.165) is 38.8 Å². The van der Waals surface area contributed by atoms with Crippen LogP contribution in [0.3, 0.4) is 0 Å². The van der Waals surface area contributed by atoms with Crippen molar-refractivity contribution in [1.82, 2.24) is 14.7 Å². The lowest BCUT2D eigenvalue weighted by atomic mass is 9.91. The summed E-state index contributed by atoms with van der Waals surface area (Å²) in [5.41, 5.74) is 0.312. The molecule has 5 heteroatoms. The summed E-state index contributed by atoms with van der Waals surface area (Å²) in [6.45, 7) is 8.58. The molecule has 1 saturated heterocycles. The number of carbonyl (C=O) groups is 1. The van der Waals surface area contributed by atoms with E-state index in [0.29, 0.717) is 34.8 Å². The zero-order chi connectivity index (χ0) is 18.7. The molecule has 2 aromatic rings. The van der Waals surface area contributed by atoms with Gasteiger partial charge in [0.1, 0.15) is 0 Å². The maximum absolute atomic E-state index is 13.2. The third-order valence-electron chi connectivity index (χ3n) is 5.20. The van der Waals surface area contributed by atoms with Crippen molar-refractivity contribution in [2.24, 2.45) is 11.8 Å². The molecule has 2 heterocycles. The number of hydrogen-bond donors (Lipinski definition) is 0. The monoisotopic (exact) mass is 355 g/mol. The molecule has 5 nitrogen and oxygen atoms in total. The summed E-state index contributed by atoms with van der Waals surface area (Å²) in [5.74, 6) is 0.928. The summed E-state index contributed by atoms with van der Waals surface area (Å²) in [6.07, 6.45) is 4.17. The van der Waals surface area contributed by atoms with Crippen LogP contribution < -0.4 is 5.56 Å². The van der Waals surface area contributed by atoms with Crippen molar-refractivity contribution in [3.8, 4) is 0 Å². The highest BCUT2D eigenvalue weighted by atomic mass is 16.2. The molecule has 0 saturated carbocycles. The van der Waals surface area contributed by atoms with Gasteiger partial charge in [0, 0.05) is 25.0 Å². The van der Waals surface area contributed by atoms with Crippen LogP contribution in [-0.4, -0.2) is 33.7 Å². The summed E-state index contributed by atoms with van der Waals surface area (Å²) in [5, 5.41) is 5.76. The maximum atomic E-state index is 13.2. The number of benzene rings is 1. The van der Waals surface area contributed by atoms with Gasteiger partial charge in [-0.05, 0) is 30.7 Å². The summed E-state index contributed by atoms with van der Waals surface area (Å²) in [6, 6.07) is 7.35. The molecule has 2 atom stereocenters. The largest absolute Gasteiger partial charge is 0.337 e. The van der Waals surface area contributed by atoms with E-state index in [9.17, 15) is 9.59 Å². The van der Waals surface area contributed by atoms with Gasteiger partial charge >= 0.3 is 0 Å². The molecular weight excluding hydrogens is 326 g/mol. The number of likely N-dealkylation sites (tertiary alicyclic amines) is 1. The van der Waals surface area contributed by atoms with Crippen molar-refractivity contribution in [2.75, 3.05) is 13.1 Å². The van der Waals surface area contributed by atoms with Crippen molar-refractivity contribution in [2.45, 2.75) is 53.0 Å². The molecule has 26 heavy (non-hydrogen) atoms. The first-order valence-corrected chi connectivity index (χ1v) is 9.80. The van der Waals surface area contributed by atoms with Crippen molar-refractivity contribution in [3.05, 3.63) is 40.3 Å². The molecule has 0 spiro atoms. The Morgan fingerprint density at radius 3 is 2.42 bits per heavy atom. The Bertz CT molecular complexity index is 833. The zero-order valence-electron chi connectivity index (χ0n) is 16.1. The Morgan fingerprint density at radius 1 is 1.12 bits per heavy atom. The summed E-state index contributed by atoms with van der Waals surface area (Å²) >= 11 is 0. The Kier molecular flexibility index (Phi) is 5.74. The number of rotatable bonds is 5. The van der Waals surface area contributed by atoms with Crippen molar-refractivity contribution < 1.29 is 4.79 Å². The van der Waals surface area contributed by atoms with E-state index in [2.05, 4.69) is 25.9 Å². The third-order valence-corrected chi connectivity index (χ3v) is 5.20. The van der Waals surface area contributed by atoms with Gasteiger partial charge in [-0.1, -0.05) is 51.8 Å². The molecule has 0 radical (unpaired) electrons. The predicted molar refractivity (Wildman–Crippen MR) is 104 cm³/mol. The lowest BCUT2D eigenvalue weighted by Crippen LogP contribution is -2.43. The smallest absolute Gasteiger partial charge is 0.274 e. The van der Waals surface area contributed by atoms with E-state index in [1.807, 2.05) is 23.1 Å². The van der Waals surface area contributed by atoms with Crippen LogP contribution in [0.2, 0.25) is 0 Å². The molecule has 1 fully saturated rings. The summed E-state index contributed by atoms with van der Waals surface area (Å²) in [7, 11) is 0. The number of aromatic nitrogens is 2. The van der Waals surface area contributed by atoms with Crippen molar-refractivity contribution >= 4 is 16.7 Å². The number of hydrogen-bond acceptors (Lipinski definition) is 3. The summed E-state index contributed by atoms with van der Waals surface area (Å²) < 4.78 is 1.49. The van der Waals surface area contributed by atoms with E-state index >= 15 is 0 Å². The highest BCUT2D eigenvalue weighted by Crippen LogP contribution is 2.24. The highest BCUT2D eigenvalue weighted by molar-refractivity contribution is 6.04. The number of nitrogens with zero attached hydrogens (tertiary/aromatic N) is 3. The Labute approximate surface area is 155 Å². The van der Waals surface area contributed by atoms with Gasteiger partial charge in [0.15, 0.2) is 5.69 Å². The highest BCUT2D eigenvalue weighted by Gasteiger charge is 2.28. The fraction of sp³-hybridized carbons (Fsp3) is 0.571. The zero-order valence-corrected chi connectivity index (χ0v) is 16.1. The van der Waals surface area contributed by atoms with E-state index in [1.54, 1.807) is 6.07 Å². The molecule has 1 aromatic heterocycles. The van der Waals surface area contributed by atoms with Gasteiger partial charge < -0.3 is 4.90 Å². The number of aryl methyl sites for hydroxylation is 1. The molecule has 1 aliphatic rings. The molecular formula is C21H29N3O2. The van der Waals surface area contributed by atoms with Crippen LogP contribution in [-0.2, 0) is 6.54 Å². The van der Waals surface area contributed by atoms with Crippen LogP contribution >= 0.6 is 0 Å². The minimum atomic E-state index is -0.103. The molecule has 0 N–H and O–H groups in total. The number of piperidine rings is 1. The third kappa shape index (κ3) is 3.81. The number of amides is 1. The lowest BCUT2D eigenvalue weighted by molar-refractivity contribution is 0.0616. The van der Waals surface area contributed by atoms with Gasteiger partial charge in [-0.15, -0.1) is 0 Å². The van der Waals surface area contributed by atoms with E-state index in [4.69, 9.17) is 0 Å².